The van der Waals surface area contributed by atoms with Crippen LogP contribution in [0, 0.1) is 0 Å². The Balaban J connectivity index is 2.31. The number of rotatable bonds is 3. The highest BCUT2D eigenvalue weighted by atomic mass is 35.7. The molecule has 17 heavy (non-hydrogen) atoms. The Morgan fingerprint density at radius 3 is 2.65 bits per heavy atom. The van der Waals surface area contributed by atoms with Crippen LogP contribution in [-0.4, -0.2) is 20.9 Å². The van der Waals surface area contributed by atoms with Gasteiger partial charge in [-0.2, -0.15) is 0 Å². The van der Waals surface area contributed by atoms with Crippen molar-refractivity contribution in [2.75, 3.05) is 11.6 Å². The molecule has 2 rings (SSSR count). The lowest BCUT2D eigenvalue weighted by atomic mass is 10.2. The van der Waals surface area contributed by atoms with Crippen molar-refractivity contribution in [3.8, 4) is 0 Å². The summed E-state index contributed by atoms with van der Waals surface area (Å²) >= 11 is 0. The summed E-state index contributed by atoms with van der Waals surface area (Å²) in [7, 11) is 1.63. The van der Waals surface area contributed by atoms with Gasteiger partial charge in [0, 0.05) is 23.6 Å². The summed E-state index contributed by atoms with van der Waals surface area (Å²) in [5.74, 6) is -0.328. The highest BCUT2D eigenvalue weighted by Crippen LogP contribution is 2.24. The quantitative estimate of drug-likeness (QED) is 0.835. The number of amides is 1. The molecule has 1 heterocycles. The molecule has 7 heteroatoms. The van der Waals surface area contributed by atoms with E-state index in [-0.39, 0.29) is 11.7 Å². The third kappa shape index (κ3) is 3.10. The monoisotopic (exact) mass is 274 g/mol. The van der Waals surface area contributed by atoms with Gasteiger partial charge in [-0.3, -0.25) is 15.2 Å². The van der Waals surface area contributed by atoms with E-state index in [0.717, 1.165) is 0 Å². The molecule has 92 valence electrons. The number of anilines is 1. The number of carbonyl (C=O) groups is 1. The lowest BCUT2D eigenvalue weighted by Crippen LogP contribution is -2.33. The largest absolute Gasteiger partial charge is 0.285 e. The fourth-order valence-corrected chi connectivity index (χ4v) is 2.71. The summed E-state index contributed by atoms with van der Waals surface area (Å²) in [5, 5.41) is 1.64. The standard InChI is InChI=1S/C10H11ClN2O3S/c11-17(15,16)7-8-3-1-2-4-9(8)13-6-5-10(14)12-13/h1-4H,5-7H2,(H,12,14). The van der Waals surface area contributed by atoms with Gasteiger partial charge in [-0.15, -0.1) is 0 Å². The van der Waals surface area contributed by atoms with Crippen molar-refractivity contribution in [2.24, 2.45) is 0 Å². The number of hydrazine groups is 1. The minimum atomic E-state index is -3.61. The fourth-order valence-electron chi connectivity index (χ4n) is 1.74. The van der Waals surface area contributed by atoms with E-state index >= 15 is 0 Å². The lowest BCUT2D eigenvalue weighted by Gasteiger charge is -2.20. The van der Waals surface area contributed by atoms with E-state index in [4.69, 9.17) is 10.7 Å². The van der Waals surface area contributed by atoms with E-state index in [1.165, 1.54) is 0 Å². The zero-order valence-electron chi connectivity index (χ0n) is 8.89. The summed E-state index contributed by atoms with van der Waals surface area (Å²) in [6.07, 6.45) is 0.405. The molecule has 0 unspecified atom stereocenters. The first-order valence-corrected chi connectivity index (χ1v) is 7.51. The molecular weight excluding hydrogens is 264 g/mol. The Morgan fingerprint density at radius 1 is 1.35 bits per heavy atom. The van der Waals surface area contributed by atoms with Crippen LogP contribution in [0.2, 0.25) is 0 Å². The molecule has 0 radical (unpaired) electrons. The Morgan fingerprint density at radius 2 is 2.06 bits per heavy atom. The Hall–Kier alpha value is -1.27. The molecule has 0 aliphatic carbocycles. The molecule has 0 atom stereocenters. The van der Waals surface area contributed by atoms with Crippen LogP contribution in [0.5, 0.6) is 0 Å². The molecule has 1 fully saturated rings. The van der Waals surface area contributed by atoms with Crippen molar-refractivity contribution < 1.29 is 13.2 Å². The van der Waals surface area contributed by atoms with E-state index in [1.807, 2.05) is 0 Å². The Bertz CT molecular complexity index is 544. The van der Waals surface area contributed by atoms with Gasteiger partial charge in [0.25, 0.3) is 0 Å². The molecule has 5 nitrogen and oxygen atoms in total. The van der Waals surface area contributed by atoms with E-state index in [2.05, 4.69) is 5.43 Å². The third-order valence-corrected chi connectivity index (χ3v) is 3.42. The summed E-state index contributed by atoms with van der Waals surface area (Å²) in [6.45, 7) is 0.526. The van der Waals surface area contributed by atoms with Gasteiger partial charge >= 0.3 is 0 Å². The first-order valence-electron chi connectivity index (χ1n) is 5.03. The number of halogens is 1. The molecule has 0 spiro atoms. The van der Waals surface area contributed by atoms with Gasteiger partial charge in [0.05, 0.1) is 11.4 Å². The van der Waals surface area contributed by atoms with Crippen LogP contribution in [0.4, 0.5) is 5.69 Å². The molecule has 1 aliphatic rings. The molecule has 1 aromatic rings. The lowest BCUT2D eigenvalue weighted by molar-refractivity contribution is -0.119. The summed E-state index contributed by atoms with van der Waals surface area (Å²) in [6, 6.07) is 6.95. The first kappa shape index (κ1) is 12.2. The second-order valence-corrected chi connectivity index (χ2v) is 6.53. The van der Waals surface area contributed by atoms with Gasteiger partial charge in [-0.25, -0.2) is 8.42 Å². The van der Waals surface area contributed by atoms with Gasteiger partial charge < -0.3 is 0 Å². The normalized spacial score (nSPS) is 16.1. The molecule has 0 saturated carbocycles. The first-order chi connectivity index (χ1) is 7.96. The summed E-state index contributed by atoms with van der Waals surface area (Å²) in [4.78, 5) is 11.1. The van der Waals surface area contributed by atoms with Gasteiger partial charge in [-0.1, -0.05) is 18.2 Å². The number of hydrogen-bond donors (Lipinski definition) is 1. The summed E-state index contributed by atoms with van der Waals surface area (Å²) in [5.41, 5.74) is 3.90. The van der Waals surface area contributed by atoms with E-state index in [1.54, 1.807) is 29.3 Å². The molecule has 0 bridgehead atoms. The molecule has 1 amide bonds. The average Bonchev–Trinajstić information content (AvgIpc) is 2.63. The highest BCUT2D eigenvalue weighted by Gasteiger charge is 2.22. The predicted octanol–water partition coefficient (Wildman–Crippen LogP) is 0.996. The van der Waals surface area contributed by atoms with Crippen LogP contribution in [0.1, 0.15) is 12.0 Å². The Kier molecular flexibility index (Phi) is 3.26. The number of hydrogen-bond acceptors (Lipinski definition) is 4. The molecule has 1 aliphatic heterocycles. The number of nitrogens with one attached hydrogen (secondary N) is 1. The van der Waals surface area contributed by atoms with Crippen molar-refractivity contribution in [1.29, 1.82) is 0 Å². The predicted molar refractivity (Wildman–Crippen MR) is 65.0 cm³/mol. The SMILES string of the molecule is O=C1CCN(c2ccccc2CS(=O)(=O)Cl)N1. The highest BCUT2D eigenvalue weighted by molar-refractivity contribution is 8.13. The second kappa shape index (κ2) is 4.54. The molecule has 0 aromatic heterocycles. The number of benzene rings is 1. The minimum absolute atomic E-state index is 0.0754. The van der Waals surface area contributed by atoms with Crippen molar-refractivity contribution in [3.05, 3.63) is 29.8 Å². The maximum absolute atomic E-state index is 11.1. The molecule has 1 aromatic carbocycles. The van der Waals surface area contributed by atoms with Gasteiger partial charge in [0.2, 0.25) is 15.0 Å². The maximum Gasteiger partial charge on any atom is 0.240 e. The number of para-hydroxylation sites is 1. The van der Waals surface area contributed by atoms with E-state index in [0.29, 0.717) is 24.2 Å². The van der Waals surface area contributed by atoms with Crippen molar-refractivity contribution in [1.82, 2.24) is 5.43 Å². The molecular formula is C10H11ClN2O3S. The molecule has 1 N–H and O–H groups in total. The summed E-state index contributed by atoms with van der Waals surface area (Å²) < 4.78 is 22.2. The average molecular weight is 275 g/mol. The molecule has 1 saturated heterocycles. The zero-order chi connectivity index (χ0) is 12.5. The van der Waals surface area contributed by atoms with Crippen LogP contribution in [-0.2, 0) is 19.6 Å². The Labute approximate surface area is 104 Å². The fraction of sp³-hybridized carbons (Fsp3) is 0.300. The smallest absolute Gasteiger partial charge is 0.240 e. The van der Waals surface area contributed by atoms with Gasteiger partial charge in [0.15, 0.2) is 0 Å². The zero-order valence-corrected chi connectivity index (χ0v) is 10.5. The van der Waals surface area contributed by atoms with Crippen molar-refractivity contribution in [3.63, 3.8) is 0 Å². The van der Waals surface area contributed by atoms with E-state index in [9.17, 15) is 13.2 Å². The maximum atomic E-state index is 11.1. The van der Waals surface area contributed by atoms with Crippen LogP contribution in [0.15, 0.2) is 24.3 Å². The van der Waals surface area contributed by atoms with Gasteiger partial charge in [0.1, 0.15) is 0 Å². The topological polar surface area (TPSA) is 66.5 Å². The third-order valence-electron chi connectivity index (χ3n) is 2.43. The van der Waals surface area contributed by atoms with Crippen LogP contribution in [0.3, 0.4) is 0 Å². The second-order valence-electron chi connectivity index (χ2n) is 3.75. The van der Waals surface area contributed by atoms with Gasteiger partial charge in [-0.05, 0) is 11.6 Å². The van der Waals surface area contributed by atoms with Crippen molar-refractivity contribution >= 4 is 31.3 Å². The van der Waals surface area contributed by atoms with Crippen LogP contribution < -0.4 is 10.4 Å². The van der Waals surface area contributed by atoms with Crippen molar-refractivity contribution in [2.45, 2.75) is 12.2 Å². The van der Waals surface area contributed by atoms with Crippen LogP contribution >= 0.6 is 10.7 Å². The number of nitrogens with zero attached hydrogens (tertiary/aromatic N) is 1. The minimum Gasteiger partial charge on any atom is -0.285 e. The van der Waals surface area contributed by atoms with E-state index < -0.39 is 9.05 Å². The van der Waals surface area contributed by atoms with Crippen LogP contribution in [0.25, 0.3) is 0 Å². The number of carbonyl (C=O) groups excluding carboxylic acids is 1.